The van der Waals surface area contributed by atoms with Crippen molar-refractivity contribution in [2.45, 2.75) is 57.1 Å². The quantitative estimate of drug-likeness (QED) is 0.345. The van der Waals surface area contributed by atoms with Gasteiger partial charge in [0.2, 0.25) is 0 Å². The topological polar surface area (TPSA) is 75.2 Å². The number of aliphatic imine (C=N–C) groups is 1. The zero-order chi connectivity index (χ0) is 21.6. The van der Waals surface area contributed by atoms with Gasteiger partial charge in [0, 0.05) is 45.3 Å². The molecule has 0 bridgehead atoms. The van der Waals surface area contributed by atoms with Gasteiger partial charge in [-0.15, -0.1) is 24.0 Å². The molecule has 2 aliphatic heterocycles. The van der Waals surface area contributed by atoms with Gasteiger partial charge in [-0.25, -0.2) is 4.79 Å². The van der Waals surface area contributed by atoms with Crippen LogP contribution < -0.4 is 10.6 Å². The first-order valence-electron chi connectivity index (χ1n) is 10.9. The van der Waals surface area contributed by atoms with Crippen molar-refractivity contribution < 1.29 is 14.3 Å². The molecule has 7 nitrogen and oxygen atoms in total. The summed E-state index contributed by atoms with van der Waals surface area (Å²) in [5.74, 6) is 0.880. The van der Waals surface area contributed by atoms with Crippen molar-refractivity contribution in [2.75, 3.05) is 39.9 Å². The highest BCUT2D eigenvalue weighted by Gasteiger charge is 2.35. The van der Waals surface area contributed by atoms with Crippen LogP contribution >= 0.6 is 24.0 Å². The number of hydrogen-bond acceptors (Lipinski definition) is 4. The maximum Gasteiger partial charge on any atom is 0.407 e. The Labute approximate surface area is 203 Å². The summed E-state index contributed by atoms with van der Waals surface area (Å²) >= 11 is 0. The number of amides is 1. The summed E-state index contributed by atoms with van der Waals surface area (Å²) in [6, 6.07) is 10.8. The average molecular weight is 544 g/mol. The van der Waals surface area contributed by atoms with Crippen LogP contribution in [0.25, 0.3) is 0 Å². The van der Waals surface area contributed by atoms with E-state index in [9.17, 15) is 4.79 Å². The molecule has 0 saturated carbocycles. The fraction of sp³-hybridized carbons (Fsp3) is 0.652. The van der Waals surface area contributed by atoms with Gasteiger partial charge < -0.3 is 25.0 Å². The van der Waals surface area contributed by atoms with Gasteiger partial charge >= 0.3 is 6.09 Å². The first-order chi connectivity index (χ1) is 14.3. The second-order valence-corrected chi connectivity index (χ2v) is 9.24. The number of benzene rings is 1. The molecular weight excluding hydrogens is 507 g/mol. The minimum absolute atomic E-state index is 0. The second-order valence-electron chi connectivity index (χ2n) is 9.24. The maximum absolute atomic E-state index is 12.1. The van der Waals surface area contributed by atoms with Crippen LogP contribution in [0.3, 0.4) is 0 Å². The van der Waals surface area contributed by atoms with Gasteiger partial charge in [-0.1, -0.05) is 30.3 Å². The van der Waals surface area contributed by atoms with Crippen molar-refractivity contribution >= 4 is 36.0 Å². The van der Waals surface area contributed by atoms with E-state index in [-0.39, 0.29) is 41.5 Å². The number of guanidine groups is 1. The molecule has 174 valence electrons. The Hall–Kier alpha value is -1.55. The minimum atomic E-state index is -0.491. The predicted molar refractivity (Wildman–Crippen MR) is 134 cm³/mol. The zero-order valence-corrected chi connectivity index (χ0v) is 21.5. The molecule has 1 atom stereocenters. The molecule has 1 unspecified atom stereocenters. The predicted octanol–water partition coefficient (Wildman–Crippen LogP) is 3.53. The van der Waals surface area contributed by atoms with E-state index in [0.29, 0.717) is 0 Å². The molecule has 1 aromatic rings. The van der Waals surface area contributed by atoms with Crippen molar-refractivity contribution in [1.29, 1.82) is 0 Å². The van der Waals surface area contributed by atoms with Crippen LogP contribution in [0.2, 0.25) is 0 Å². The molecule has 0 aromatic heterocycles. The number of carbonyl (C=O) groups excluding carboxylic acids is 1. The molecule has 1 aromatic carbocycles. The Morgan fingerprint density at radius 2 is 1.94 bits per heavy atom. The van der Waals surface area contributed by atoms with Gasteiger partial charge in [0.1, 0.15) is 5.60 Å². The van der Waals surface area contributed by atoms with Crippen LogP contribution in [-0.2, 0) is 14.9 Å². The first kappa shape index (κ1) is 25.7. The lowest BCUT2D eigenvalue weighted by atomic mass is 9.74. The third-order valence-electron chi connectivity index (χ3n) is 5.84. The average Bonchev–Trinajstić information content (AvgIpc) is 3.16. The summed E-state index contributed by atoms with van der Waals surface area (Å²) in [5, 5.41) is 6.59. The molecule has 2 N–H and O–H groups in total. The van der Waals surface area contributed by atoms with Gasteiger partial charge in [0.15, 0.2) is 5.96 Å². The van der Waals surface area contributed by atoms with Crippen molar-refractivity contribution in [3.05, 3.63) is 35.9 Å². The minimum Gasteiger partial charge on any atom is -0.444 e. The summed E-state index contributed by atoms with van der Waals surface area (Å²) in [6.45, 7) is 9.56. The summed E-state index contributed by atoms with van der Waals surface area (Å²) in [4.78, 5) is 18.8. The number of likely N-dealkylation sites (tertiary alicyclic amines) is 1. The maximum atomic E-state index is 12.1. The molecule has 2 fully saturated rings. The fourth-order valence-electron chi connectivity index (χ4n) is 4.25. The summed E-state index contributed by atoms with van der Waals surface area (Å²) < 4.78 is 11.0. The van der Waals surface area contributed by atoms with E-state index in [1.807, 2.05) is 27.8 Å². The number of rotatable bonds is 4. The Morgan fingerprint density at radius 1 is 1.26 bits per heavy atom. The van der Waals surface area contributed by atoms with Crippen molar-refractivity contribution in [3.63, 3.8) is 0 Å². The van der Waals surface area contributed by atoms with E-state index < -0.39 is 5.60 Å². The van der Waals surface area contributed by atoms with E-state index in [4.69, 9.17) is 9.47 Å². The van der Waals surface area contributed by atoms with Crippen molar-refractivity contribution in [2.24, 2.45) is 4.99 Å². The zero-order valence-electron chi connectivity index (χ0n) is 19.1. The lowest BCUT2D eigenvalue weighted by Gasteiger charge is -2.39. The molecule has 31 heavy (non-hydrogen) atoms. The van der Waals surface area contributed by atoms with Gasteiger partial charge in [0.25, 0.3) is 0 Å². The molecule has 0 spiro atoms. The molecule has 0 aliphatic carbocycles. The van der Waals surface area contributed by atoms with E-state index in [1.54, 1.807) is 0 Å². The van der Waals surface area contributed by atoms with E-state index in [1.165, 1.54) is 5.56 Å². The fourth-order valence-corrected chi connectivity index (χ4v) is 4.25. The van der Waals surface area contributed by atoms with E-state index in [2.05, 4.69) is 50.9 Å². The van der Waals surface area contributed by atoms with Gasteiger partial charge in [-0.05, 0) is 45.6 Å². The van der Waals surface area contributed by atoms with E-state index in [0.717, 1.165) is 58.1 Å². The molecule has 0 radical (unpaired) electrons. The number of halogens is 1. The SMILES string of the molecule is CN=C(NCC1(c2ccccc2)CCOCC1)N1CCC(NC(=O)OC(C)(C)C)C1.I. The van der Waals surface area contributed by atoms with Gasteiger partial charge in [-0.3, -0.25) is 4.99 Å². The smallest absolute Gasteiger partial charge is 0.407 e. The van der Waals surface area contributed by atoms with Crippen LogP contribution in [0.5, 0.6) is 0 Å². The molecule has 2 heterocycles. The lowest BCUT2D eigenvalue weighted by Crippen LogP contribution is -2.49. The van der Waals surface area contributed by atoms with Crippen LogP contribution in [-0.4, -0.2) is 68.5 Å². The molecule has 1 amide bonds. The molecule has 8 heteroatoms. The van der Waals surface area contributed by atoms with Gasteiger partial charge in [0.05, 0.1) is 6.04 Å². The standard InChI is InChI=1S/C23H36N4O3.HI/c1-22(2,3)30-21(28)26-19-10-13-27(16-19)20(24-4)25-17-23(11-14-29-15-12-23)18-8-6-5-7-9-18;/h5-9,19H,10-17H2,1-4H3,(H,24,25)(H,26,28);1H. The third kappa shape index (κ3) is 7.24. The third-order valence-corrected chi connectivity index (χ3v) is 5.84. The molecular formula is C23H37IN4O3. The summed E-state index contributed by atoms with van der Waals surface area (Å²) in [7, 11) is 1.82. The Balaban J connectivity index is 0.00000341. The largest absolute Gasteiger partial charge is 0.444 e. The monoisotopic (exact) mass is 544 g/mol. The number of carbonyl (C=O) groups is 1. The number of hydrogen-bond donors (Lipinski definition) is 2. The number of alkyl carbamates (subject to hydrolysis) is 1. The highest BCUT2D eigenvalue weighted by atomic mass is 127. The van der Waals surface area contributed by atoms with Crippen molar-refractivity contribution in [1.82, 2.24) is 15.5 Å². The van der Waals surface area contributed by atoms with Crippen LogP contribution in [0.15, 0.2) is 35.3 Å². The van der Waals surface area contributed by atoms with Crippen LogP contribution in [0, 0.1) is 0 Å². The summed E-state index contributed by atoms with van der Waals surface area (Å²) in [6.07, 6.45) is 2.49. The molecule has 3 rings (SSSR count). The highest BCUT2D eigenvalue weighted by Crippen LogP contribution is 2.34. The van der Waals surface area contributed by atoms with Crippen molar-refractivity contribution in [3.8, 4) is 0 Å². The normalized spacial score (nSPS) is 21.2. The van der Waals surface area contributed by atoms with Gasteiger partial charge in [-0.2, -0.15) is 0 Å². The molecule has 2 aliphatic rings. The van der Waals surface area contributed by atoms with Crippen LogP contribution in [0.1, 0.15) is 45.6 Å². The molecule has 2 saturated heterocycles. The Kier molecular flexibility index (Phi) is 9.42. The Bertz CT molecular complexity index is 730. The van der Waals surface area contributed by atoms with Crippen LogP contribution in [0.4, 0.5) is 4.79 Å². The Morgan fingerprint density at radius 3 is 2.55 bits per heavy atom. The number of nitrogens with zero attached hydrogens (tertiary/aromatic N) is 2. The number of ether oxygens (including phenoxy) is 2. The lowest BCUT2D eigenvalue weighted by molar-refractivity contribution is 0.0507. The summed E-state index contributed by atoms with van der Waals surface area (Å²) in [5.41, 5.74) is 0.904. The van der Waals surface area contributed by atoms with E-state index >= 15 is 0 Å². The highest BCUT2D eigenvalue weighted by molar-refractivity contribution is 14.0. The second kappa shape index (κ2) is 11.4. The first-order valence-corrected chi connectivity index (χ1v) is 10.9. The number of nitrogens with one attached hydrogen (secondary N) is 2.